The van der Waals surface area contributed by atoms with Gasteiger partial charge in [-0.05, 0) is 6.42 Å². The van der Waals surface area contributed by atoms with Crippen LogP contribution in [0, 0.1) is 54.9 Å². The maximum atomic E-state index is 10.4. The average molecular weight is 533 g/mol. The van der Waals surface area contributed by atoms with E-state index in [-0.39, 0.29) is 41.7 Å². The Hall–Kier alpha value is 0.327. The molecule has 1 N–H and O–H groups in total. The van der Waals surface area contributed by atoms with Crippen LogP contribution in [0.1, 0.15) is 135 Å². The van der Waals surface area contributed by atoms with Crippen LogP contribution in [-0.2, 0) is 4.79 Å². The van der Waals surface area contributed by atoms with Gasteiger partial charge in [0.25, 0.3) is 0 Å². The van der Waals surface area contributed by atoms with E-state index in [1.807, 2.05) is 0 Å². The molecule has 0 aromatic heterocycles. The fraction of sp³-hybridized carbons (Fsp3) is 0.808. The fourth-order valence-corrected chi connectivity index (χ4v) is 3.35. The van der Waals surface area contributed by atoms with Crippen molar-refractivity contribution in [1.29, 1.82) is 0 Å². The third-order valence-corrected chi connectivity index (χ3v) is 5.11. The quantitative estimate of drug-likeness (QED) is 0.0910. The summed E-state index contributed by atoms with van der Waals surface area (Å²) in [6.45, 7) is 11.7. The number of carbonyl (C=O) groups is 1. The first-order valence-electron chi connectivity index (χ1n) is 12.0. The second-order valence-corrected chi connectivity index (χ2v) is 7.89. The molecule has 0 saturated carbocycles. The number of hydrogen-bond donors (Lipinski definition) is 1. The molecule has 0 bridgehead atoms. The Morgan fingerprint density at radius 3 is 1.03 bits per heavy atom. The minimum atomic E-state index is -0.651. The average Bonchev–Trinajstić information content (AvgIpc) is 2.69. The van der Waals surface area contributed by atoms with Gasteiger partial charge in [0.15, 0.2) is 0 Å². The molecule has 2 nitrogen and oxygen atoms in total. The molecule has 29 heavy (non-hydrogen) atoms. The van der Waals surface area contributed by atoms with Crippen molar-refractivity contribution in [2.24, 2.45) is 0 Å². The molecule has 0 aromatic rings. The third-order valence-electron chi connectivity index (χ3n) is 5.11. The number of allylic oxidation sites excluding steroid dienone is 2. The zero-order valence-electron chi connectivity index (χ0n) is 19.3. The molecule has 170 valence electrons. The van der Waals surface area contributed by atoms with Crippen molar-refractivity contribution in [3.05, 3.63) is 25.3 Å². The summed E-state index contributed by atoms with van der Waals surface area (Å²) in [6.07, 6.45) is 28.7. The molecule has 0 aliphatic rings. The van der Waals surface area contributed by atoms with E-state index in [2.05, 4.69) is 6.92 Å². The predicted octanol–water partition coefficient (Wildman–Crippen LogP) is 8.86. The minimum absolute atomic E-state index is 0. The van der Waals surface area contributed by atoms with E-state index < -0.39 is 5.97 Å². The van der Waals surface area contributed by atoms with E-state index in [0.29, 0.717) is 6.42 Å². The number of carboxylic acids is 1. The van der Waals surface area contributed by atoms with Crippen molar-refractivity contribution >= 4 is 5.97 Å². The second kappa shape index (κ2) is 33.0. The van der Waals surface area contributed by atoms with Crippen molar-refractivity contribution in [2.45, 2.75) is 135 Å². The maximum absolute atomic E-state index is 10.4. The Morgan fingerprint density at radius 1 is 0.586 bits per heavy atom. The SMILES string of the molecule is CCCCCCCCCCCCCCCCCCCCCC(=O)O.[CH-]=CC=[CH-].[Ce]. The molecule has 0 rings (SSSR count). The normalized spacial score (nSPS) is 9.83. The summed E-state index contributed by atoms with van der Waals surface area (Å²) in [5.41, 5.74) is 0. The first kappa shape index (κ1) is 34.0. The number of rotatable bonds is 21. The third kappa shape index (κ3) is 39.4. The van der Waals surface area contributed by atoms with Crippen molar-refractivity contribution in [3.8, 4) is 0 Å². The molecule has 0 atom stereocenters. The number of aliphatic carboxylic acids is 1. The van der Waals surface area contributed by atoms with Crippen LogP contribution in [0.25, 0.3) is 0 Å². The van der Waals surface area contributed by atoms with Crippen LogP contribution < -0.4 is 0 Å². The molecule has 0 heterocycles. The molecule has 0 aromatic carbocycles. The molecule has 0 amide bonds. The van der Waals surface area contributed by atoms with Gasteiger partial charge in [0.1, 0.15) is 0 Å². The smallest absolute Gasteiger partial charge is 0.303 e. The first-order valence-corrected chi connectivity index (χ1v) is 12.0. The van der Waals surface area contributed by atoms with Crippen molar-refractivity contribution in [3.63, 3.8) is 0 Å². The topological polar surface area (TPSA) is 37.3 Å². The largest absolute Gasteiger partial charge is 0.481 e. The number of carboxylic acid groups (broad SMARTS) is 1. The summed E-state index contributed by atoms with van der Waals surface area (Å²) in [5.74, 6) is -0.651. The predicted molar refractivity (Wildman–Crippen MR) is 123 cm³/mol. The zero-order valence-corrected chi connectivity index (χ0v) is 22.4. The Morgan fingerprint density at radius 2 is 0.828 bits per heavy atom. The Labute approximate surface area is 216 Å². The van der Waals surface area contributed by atoms with Gasteiger partial charge in [-0.1, -0.05) is 122 Å². The van der Waals surface area contributed by atoms with Gasteiger partial charge >= 0.3 is 5.97 Å². The van der Waals surface area contributed by atoms with Crippen LogP contribution in [0.15, 0.2) is 12.2 Å². The van der Waals surface area contributed by atoms with Crippen LogP contribution in [0.4, 0.5) is 0 Å². The first-order chi connectivity index (χ1) is 13.7. The van der Waals surface area contributed by atoms with Gasteiger partial charge in [-0.25, -0.2) is 0 Å². The van der Waals surface area contributed by atoms with Crippen LogP contribution in [0.3, 0.4) is 0 Å². The molecular formula is C26H48CeO2-2. The zero-order chi connectivity index (χ0) is 21.1. The fourth-order valence-electron chi connectivity index (χ4n) is 3.35. The molecular weight excluding hydrogens is 484 g/mol. The van der Waals surface area contributed by atoms with E-state index >= 15 is 0 Å². The van der Waals surface area contributed by atoms with E-state index in [1.54, 1.807) is 0 Å². The maximum Gasteiger partial charge on any atom is 0.303 e. The molecule has 0 unspecified atom stereocenters. The van der Waals surface area contributed by atoms with E-state index in [0.717, 1.165) is 12.8 Å². The molecule has 0 aliphatic carbocycles. The standard InChI is InChI=1S/C22H44O2.C4H4.Ce/c1-2-3-4-5-6-7-8-9-10-11-12-13-14-15-16-17-18-19-20-21-22(23)24;1-3-4-2;/h2-21H2,1H3,(H,23,24);1-4H;/q;-2;. The van der Waals surface area contributed by atoms with Gasteiger partial charge in [-0.15, -0.1) is 0 Å². The van der Waals surface area contributed by atoms with Gasteiger partial charge in [0.05, 0.1) is 0 Å². The van der Waals surface area contributed by atoms with Gasteiger partial charge in [0.2, 0.25) is 0 Å². The second-order valence-electron chi connectivity index (χ2n) is 7.89. The van der Waals surface area contributed by atoms with E-state index in [1.165, 1.54) is 121 Å². The Kier molecular flexibility index (Phi) is 38.6. The number of unbranched alkanes of at least 4 members (excludes halogenated alkanes) is 18. The van der Waals surface area contributed by atoms with E-state index in [9.17, 15) is 4.79 Å². The van der Waals surface area contributed by atoms with E-state index in [4.69, 9.17) is 18.3 Å². The minimum Gasteiger partial charge on any atom is -0.481 e. The molecule has 3 heteroatoms. The van der Waals surface area contributed by atoms with Crippen LogP contribution >= 0.6 is 0 Å². The van der Waals surface area contributed by atoms with Crippen LogP contribution in [0.5, 0.6) is 0 Å². The summed E-state index contributed by atoms with van der Waals surface area (Å²) in [4.78, 5) is 10.4. The summed E-state index contributed by atoms with van der Waals surface area (Å²) in [5, 5.41) is 8.56. The van der Waals surface area contributed by atoms with Crippen molar-refractivity contribution in [1.82, 2.24) is 0 Å². The van der Waals surface area contributed by atoms with Crippen LogP contribution in [-0.4, -0.2) is 11.1 Å². The summed E-state index contributed by atoms with van der Waals surface area (Å²) < 4.78 is 0. The van der Waals surface area contributed by atoms with Crippen molar-refractivity contribution < 1.29 is 51.6 Å². The molecule has 0 spiro atoms. The Bertz CT molecular complexity index is 323. The van der Waals surface area contributed by atoms with Crippen molar-refractivity contribution in [2.75, 3.05) is 0 Å². The molecule has 0 saturated heterocycles. The summed E-state index contributed by atoms with van der Waals surface area (Å²) in [6, 6.07) is 0. The molecule has 0 radical (unpaired) electrons. The monoisotopic (exact) mass is 532 g/mol. The molecule has 0 aliphatic heterocycles. The number of hydrogen-bond acceptors (Lipinski definition) is 1. The summed E-state index contributed by atoms with van der Waals surface area (Å²) >= 11 is 0. The van der Waals surface area contributed by atoms with Gasteiger partial charge in [-0.3, -0.25) is 4.79 Å². The van der Waals surface area contributed by atoms with Gasteiger partial charge in [0, 0.05) is 48.2 Å². The van der Waals surface area contributed by atoms with Crippen LogP contribution in [0.2, 0.25) is 0 Å². The van der Waals surface area contributed by atoms with Gasteiger partial charge in [-0.2, -0.15) is 0 Å². The molecule has 0 fully saturated rings. The summed E-state index contributed by atoms with van der Waals surface area (Å²) in [7, 11) is 0. The Balaban J connectivity index is -0.00000123. The van der Waals surface area contributed by atoms with Gasteiger partial charge < -0.3 is 30.4 Å².